The average molecular weight is 236 g/mol. The van der Waals surface area contributed by atoms with Crippen molar-refractivity contribution in [2.24, 2.45) is 5.92 Å². The summed E-state index contributed by atoms with van der Waals surface area (Å²) in [5.41, 5.74) is 0.743. The molecule has 0 unspecified atom stereocenters. The number of rotatable bonds is 4. The fraction of sp³-hybridized carbons (Fsp3) is 0.455. The van der Waals surface area contributed by atoms with Gasteiger partial charge in [-0.15, -0.1) is 0 Å². The Morgan fingerprint density at radius 1 is 1.44 bits per heavy atom. The van der Waals surface area contributed by atoms with Crippen molar-refractivity contribution in [1.29, 1.82) is 5.26 Å². The average Bonchev–Trinajstić information content (AvgIpc) is 3.02. The Morgan fingerprint density at radius 3 is 2.69 bits per heavy atom. The lowest BCUT2D eigenvalue weighted by Crippen LogP contribution is -2.10. The monoisotopic (exact) mass is 236 g/mol. The van der Waals surface area contributed by atoms with Crippen LogP contribution in [0.4, 0.5) is 0 Å². The first-order valence-corrected chi connectivity index (χ1v) is 6.82. The van der Waals surface area contributed by atoms with Gasteiger partial charge in [-0.05, 0) is 30.4 Å². The number of pyridine rings is 1. The minimum atomic E-state index is -3.22. The molecule has 0 amide bonds. The van der Waals surface area contributed by atoms with E-state index in [9.17, 15) is 8.42 Å². The molecule has 84 valence electrons. The van der Waals surface area contributed by atoms with Crippen LogP contribution < -0.4 is 0 Å². The molecule has 0 bridgehead atoms. The Bertz CT molecular complexity index is 510. The fourth-order valence-corrected chi connectivity index (χ4v) is 3.08. The first-order chi connectivity index (χ1) is 7.62. The Morgan fingerprint density at radius 2 is 2.19 bits per heavy atom. The van der Waals surface area contributed by atoms with Crippen LogP contribution in [0.2, 0.25) is 0 Å². The number of nitriles is 1. The molecule has 1 fully saturated rings. The first kappa shape index (κ1) is 11.1. The highest BCUT2D eigenvalue weighted by Gasteiger charge is 2.29. The molecular formula is C11H12N2O2S. The van der Waals surface area contributed by atoms with Gasteiger partial charge in [0.1, 0.15) is 0 Å². The molecule has 1 saturated carbocycles. The van der Waals surface area contributed by atoms with Crippen LogP contribution in [0.25, 0.3) is 0 Å². The minimum absolute atomic E-state index is 0.126. The van der Waals surface area contributed by atoms with Crippen LogP contribution in [0.1, 0.15) is 18.4 Å². The van der Waals surface area contributed by atoms with Crippen molar-refractivity contribution >= 4 is 9.84 Å². The van der Waals surface area contributed by atoms with Crippen molar-refractivity contribution in [3.8, 4) is 6.07 Å². The van der Waals surface area contributed by atoms with E-state index in [1.54, 1.807) is 6.07 Å². The maximum atomic E-state index is 11.8. The summed E-state index contributed by atoms with van der Waals surface area (Å²) >= 11 is 0. The van der Waals surface area contributed by atoms with Crippen molar-refractivity contribution in [3.63, 3.8) is 0 Å². The van der Waals surface area contributed by atoms with E-state index in [2.05, 4.69) is 4.98 Å². The molecule has 16 heavy (non-hydrogen) atoms. The largest absolute Gasteiger partial charge is 0.244 e. The van der Waals surface area contributed by atoms with Crippen LogP contribution in [0.5, 0.6) is 0 Å². The SMILES string of the molecule is N#CCc1ccc(S(=O)(=O)CC2CC2)nc1. The molecule has 0 aliphatic heterocycles. The molecule has 1 aromatic rings. The number of aromatic nitrogens is 1. The van der Waals surface area contributed by atoms with E-state index in [0.29, 0.717) is 5.92 Å². The molecule has 0 N–H and O–H groups in total. The molecule has 1 aliphatic carbocycles. The number of nitrogens with zero attached hydrogens (tertiary/aromatic N) is 2. The van der Waals surface area contributed by atoms with Gasteiger partial charge in [-0.3, -0.25) is 0 Å². The van der Waals surface area contributed by atoms with Crippen LogP contribution in [0.15, 0.2) is 23.4 Å². The van der Waals surface area contributed by atoms with Gasteiger partial charge in [0, 0.05) is 6.20 Å². The van der Waals surface area contributed by atoms with Crippen LogP contribution in [-0.4, -0.2) is 19.2 Å². The lowest BCUT2D eigenvalue weighted by Gasteiger charge is -2.02. The van der Waals surface area contributed by atoms with E-state index >= 15 is 0 Å². The number of sulfone groups is 1. The maximum absolute atomic E-state index is 11.8. The van der Waals surface area contributed by atoms with Crippen LogP contribution in [0, 0.1) is 17.2 Å². The normalized spacial score (nSPS) is 15.7. The standard InChI is InChI=1S/C11H12N2O2S/c12-6-5-9-3-4-11(13-7-9)16(14,15)8-10-1-2-10/h3-4,7,10H,1-2,5,8H2. The Labute approximate surface area is 94.9 Å². The Balaban J connectivity index is 2.17. The van der Waals surface area contributed by atoms with Gasteiger partial charge in [-0.25, -0.2) is 13.4 Å². The molecule has 1 heterocycles. The van der Waals surface area contributed by atoms with Crippen molar-refractivity contribution in [1.82, 2.24) is 4.98 Å². The van der Waals surface area contributed by atoms with Crippen molar-refractivity contribution < 1.29 is 8.42 Å². The highest BCUT2D eigenvalue weighted by molar-refractivity contribution is 7.91. The van der Waals surface area contributed by atoms with Gasteiger partial charge in [0.2, 0.25) is 0 Å². The van der Waals surface area contributed by atoms with Crippen LogP contribution in [-0.2, 0) is 16.3 Å². The fourth-order valence-electron chi connectivity index (χ4n) is 1.47. The summed E-state index contributed by atoms with van der Waals surface area (Å²) in [6, 6.07) is 5.13. The van der Waals surface area contributed by atoms with E-state index in [1.807, 2.05) is 6.07 Å². The van der Waals surface area contributed by atoms with E-state index in [0.717, 1.165) is 18.4 Å². The number of hydrogen-bond acceptors (Lipinski definition) is 4. The molecule has 1 aromatic heterocycles. The third-order valence-corrected chi connectivity index (χ3v) is 4.34. The van der Waals surface area contributed by atoms with Crippen molar-refractivity contribution in [2.75, 3.05) is 5.75 Å². The second-order valence-corrected chi connectivity index (χ2v) is 6.05. The molecule has 4 nitrogen and oxygen atoms in total. The summed E-state index contributed by atoms with van der Waals surface area (Å²) in [6.07, 6.45) is 3.73. The summed E-state index contributed by atoms with van der Waals surface area (Å²) in [5, 5.41) is 8.61. The van der Waals surface area contributed by atoms with Gasteiger partial charge in [-0.2, -0.15) is 5.26 Å². The molecule has 0 atom stereocenters. The zero-order chi connectivity index (χ0) is 11.6. The second-order valence-electron chi connectivity index (χ2n) is 4.06. The van der Waals surface area contributed by atoms with E-state index in [4.69, 9.17) is 5.26 Å². The zero-order valence-corrected chi connectivity index (χ0v) is 9.57. The quantitative estimate of drug-likeness (QED) is 0.790. The molecular weight excluding hydrogens is 224 g/mol. The number of hydrogen-bond donors (Lipinski definition) is 0. The highest BCUT2D eigenvalue weighted by Crippen LogP contribution is 2.31. The summed E-state index contributed by atoms with van der Waals surface area (Å²) in [6.45, 7) is 0. The third-order valence-electron chi connectivity index (χ3n) is 2.55. The maximum Gasteiger partial charge on any atom is 0.195 e. The van der Waals surface area contributed by atoms with Gasteiger partial charge in [0.05, 0.1) is 18.2 Å². The van der Waals surface area contributed by atoms with Gasteiger partial charge < -0.3 is 0 Å². The van der Waals surface area contributed by atoms with E-state index in [-0.39, 0.29) is 17.2 Å². The van der Waals surface area contributed by atoms with Crippen LogP contribution >= 0.6 is 0 Å². The molecule has 5 heteroatoms. The minimum Gasteiger partial charge on any atom is -0.244 e. The van der Waals surface area contributed by atoms with Crippen molar-refractivity contribution in [2.45, 2.75) is 24.3 Å². The molecule has 2 rings (SSSR count). The first-order valence-electron chi connectivity index (χ1n) is 5.16. The van der Waals surface area contributed by atoms with Gasteiger partial charge in [-0.1, -0.05) is 6.07 Å². The van der Waals surface area contributed by atoms with E-state index in [1.165, 1.54) is 12.3 Å². The van der Waals surface area contributed by atoms with Gasteiger partial charge in [0.15, 0.2) is 14.9 Å². The van der Waals surface area contributed by atoms with E-state index < -0.39 is 9.84 Å². The molecule has 0 saturated heterocycles. The summed E-state index contributed by atoms with van der Waals surface area (Å²) in [5.74, 6) is 0.531. The second kappa shape index (κ2) is 4.22. The lowest BCUT2D eigenvalue weighted by atomic mass is 10.2. The smallest absolute Gasteiger partial charge is 0.195 e. The molecule has 0 aromatic carbocycles. The summed E-state index contributed by atoms with van der Waals surface area (Å²) in [4.78, 5) is 3.91. The predicted molar refractivity (Wildman–Crippen MR) is 58.3 cm³/mol. The Kier molecular flexibility index (Phi) is 2.92. The summed E-state index contributed by atoms with van der Waals surface area (Å²) in [7, 11) is -3.22. The van der Waals surface area contributed by atoms with Crippen molar-refractivity contribution in [3.05, 3.63) is 23.9 Å². The molecule has 0 radical (unpaired) electrons. The summed E-state index contributed by atoms with van der Waals surface area (Å²) < 4.78 is 23.6. The Hall–Kier alpha value is -1.41. The van der Waals surface area contributed by atoms with Gasteiger partial charge in [0.25, 0.3) is 0 Å². The zero-order valence-electron chi connectivity index (χ0n) is 8.76. The highest BCUT2D eigenvalue weighted by atomic mass is 32.2. The van der Waals surface area contributed by atoms with Crippen LogP contribution in [0.3, 0.4) is 0 Å². The molecule has 0 spiro atoms. The molecule has 1 aliphatic rings. The topological polar surface area (TPSA) is 70.8 Å². The predicted octanol–water partition coefficient (Wildman–Crippen LogP) is 1.33. The third kappa shape index (κ3) is 2.58. The van der Waals surface area contributed by atoms with Gasteiger partial charge >= 0.3 is 0 Å². The lowest BCUT2D eigenvalue weighted by molar-refractivity contribution is 0.588.